The van der Waals surface area contributed by atoms with Gasteiger partial charge >= 0.3 is 0 Å². The van der Waals surface area contributed by atoms with E-state index in [1.165, 1.54) is 0 Å². The van der Waals surface area contributed by atoms with Crippen molar-refractivity contribution in [3.05, 3.63) is 114 Å². The molecule has 0 fully saturated rings. The van der Waals surface area contributed by atoms with Gasteiger partial charge in [-0.15, -0.1) is 0 Å². The summed E-state index contributed by atoms with van der Waals surface area (Å²) in [4.78, 5) is 15.3. The van der Waals surface area contributed by atoms with Crippen LogP contribution in [0, 0.1) is 0 Å². The molecule has 4 aromatic rings. The number of nitrogens with one attached hydrogen (secondary N) is 1. The van der Waals surface area contributed by atoms with E-state index in [9.17, 15) is 4.79 Å². The third kappa shape index (κ3) is 3.76. The fraction of sp³-hybridized carbons (Fsp3) is 0.0741. The third-order valence-electron chi connectivity index (χ3n) is 5.45. The highest BCUT2D eigenvalue weighted by Gasteiger charge is 2.34. The molecule has 1 atom stereocenters. The molecule has 0 radical (unpaired) electrons. The van der Waals surface area contributed by atoms with Crippen LogP contribution in [0.4, 0.5) is 11.4 Å². The minimum Gasteiger partial charge on any atom is -0.497 e. The van der Waals surface area contributed by atoms with Crippen molar-refractivity contribution in [1.29, 1.82) is 0 Å². The highest BCUT2D eigenvalue weighted by Crippen LogP contribution is 2.37. The zero-order valence-corrected chi connectivity index (χ0v) is 17.6. The Labute approximate surface area is 186 Å². The van der Waals surface area contributed by atoms with Gasteiger partial charge in [0.1, 0.15) is 23.4 Å². The zero-order chi connectivity index (χ0) is 21.9. The number of carbonyl (C=O) groups excluding carboxylic acids is 1. The predicted octanol–water partition coefficient (Wildman–Crippen LogP) is 6.26. The van der Waals surface area contributed by atoms with E-state index >= 15 is 0 Å². The molecule has 5 nitrogen and oxygen atoms in total. The lowest BCUT2D eigenvalue weighted by Crippen LogP contribution is -2.43. The van der Waals surface area contributed by atoms with Crippen LogP contribution >= 0.6 is 0 Å². The van der Waals surface area contributed by atoms with Gasteiger partial charge in [0.2, 0.25) is 0 Å². The molecule has 1 amide bonds. The van der Waals surface area contributed by atoms with Crippen LogP contribution < -0.4 is 19.7 Å². The first kappa shape index (κ1) is 19.7. The summed E-state index contributed by atoms with van der Waals surface area (Å²) in [7, 11) is 1.64. The number of hydrogen-bond donors (Lipinski definition) is 1. The van der Waals surface area contributed by atoms with E-state index in [-0.39, 0.29) is 12.1 Å². The SMILES string of the molecule is COc1ccc([C@H]2Nc3ccccc3C(=O)N2c2ccc(Oc3ccccc3)cc2)cc1. The van der Waals surface area contributed by atoms with Crippen LogP contribution in [-0.2, 0) is 0 Å². The van der Waals surface area contributed by atoms with Gasteiger partial charge in [-0.2, -0.15) is 0 Å². The monoisotopic (exact) mass is 422 g/mol. The summed E-state index contributed by atoms with van der Waals surface area (Å²) >= 11 is 0. The number of nitrogens with zero attached hydrogens (tertiary/aromatic N) is 1. The fourth-order valence-electron chi connectivity index (χ4n) is 3.84. The summed E-state index contributed by atoms with van der Waals surface area (Å²) in [6, 6.07) is 32.5. The average molecular weight is 422 g/mol. The molecule has 5 heteroatoms. The summed E-state index contributed by atoms with van der Waals surface area (Å²) in [5, 5.41) is 3.52. The van der Waals surface area contributed by atoms with Gasteiger partial charge < -0.3 is 14.8 Å². The summed E-state index contributed by atoms with van der Waals surface area (Å²) in [5.41, 5.74) is 3.19. The van der Waals surface area contributed by atoms with E-state index in [0.29, 0.717) is 11.3 Å². The summed E-state index contributed by atoms with van der Waals surface area (Å²) in [6.45, 7) is 0. The van der Waals surface area contributed by atoms with Crippen molar-refractivity contribution in [1.82, 2.24) is 0 Å². The summed E-state index contributed by atoms with van der Waals surface area (Å²) in [5.74, 6) is 2.18. The molecule has 0 saturated carbocycles. The Morgan fingerprint density at radius 3 is 2.06 bits per heavy atom. The highest BCUT2D eigenvalue weighted by atomic mass is 16.5. The number of amides is 1. The molecule has 5 rings (SSSR count). The van der Waals surface area contributed by atoms with E-state index in [4.69, 9.17) is 9.47 Å². The lowest BCUT2D eigenvalue weighted by Gasteiger charge is -2.38. The lowest BCUT2D eigenvalue weighted by atomic mass is 10.0. The number of benzene rings is 4. The maximum Gasteiger partial charge on any atom is 0.262 e. The van der Waals surface area contributed by atoms with Crippen LogP contribution in [0.3, 0.4) is 0 Å². The largest absolute Gasteiger partial charge is 0.497 e. The second-order valence-corrected chi connectivity index (χ2v) is 7.45. The van der Waals surface area contributed by atoms with E-state index in [0.717, 1.165) is 28.4 Å². The number of methoxy groups -OCH3 is 1. The molecule has 0 spiro atoms. The van der Waals surface area contributed by atoms with Crippen molar-refractivity contribution in [2.75, 3.05) is 17.3 Å². The van der Waals surface area contributed by atoms with Crippen LogP contribution in [0.15, 0.2) is 103 Å². The predicted molar refractivity (Wildman–Crippen MR) is 126 cm³/mol. The molecule has 0 aliphatic carbocycles. The quantitative estimate of drug-likeness (QED) is 0.412. The van der Waals surface area contributed by atoms with Crippen LogP contribution in [0.2, 0.25) is 0 Å². The number of carbonyl (C=O) groups is 1. The normalized spacial score (nSPS) is 15.0. The molecular weight excluding hydrogens is 400 g/mol. The lowest BCUT2D eigenvalue weighted by molar-refractivity contribution is 0.0975. The number of hydrogen-bond acceptors (Lipinski definition) is 4. The first-order valence-corrected chi connectivity index (χ1v) is 10.4. The standard InChI is InChI=1S/C27H22N2O3/c1-31-21-15-11-19(12-16-21)26-28-25-10-6-5-9-24(25)27(30)29(26)20-13-17-23(18-14-20)32-22-7-3-2-4-8-22/h2-18,26,28H,1H3/t26-/m0/s1. The molecule has 4 aromatic carbocycles. The summed E-state index contributed by atoms with van der Waals surface area (Å²) < 4.78 is 11.2. The minimum atomic E-state index is -0.357. The molecular formula is C27H22N2O3. The number of para-hydroxylation sites is 2. The Balaban J connectivity index is 1.50. The van der Waals surface area contributed by atoms with E-state index in [1.54, 1.807) is 12.0 Å². The van der Waals surface area contributed by atoms with Crippen molar-refractivity contribution in [3.63, 3.8) is 0 Å². The molecule has 32 heavy (non-hydrogen) atoms. The van der Waals surface area contributed by atoms with E-state index < -0.39 is 0 Å². The third-order valence-corrected chi connectivity index (χ3v) is 5.45. The van der Waals surface area contributed by atoms with Crippen molar-refractivity contribution >= 4 is 17.3 Å². The van der Waals surface area contributed by atoms with Gasteiger partial charge in [-0.3, -0.25) is 9.69 Å². The second kappa shape index (κ2) is 8.47. The van der Waals surface area contributed by atoms with Crippen molar-refractivity contribution in [2.24, 2.45) is 0 Å². The number of anilines is 2. The van der Waals surface area contributed by atoms with Crippen molar-refractivity contribution < 1.29 is 14.3 Å². The Bertz CT molecular complexity index is 1220. The molecule has 0 saturated heterocycles. The minimum absolute atomic E-state index is 0.0584. The molecule has 1 N–H and O–H groups in total. The summed E-state index contributed by atoms with van der Waals surface area (Å²) in [6.07, 6.45) is -0.357. The van der Waals surface area contributed by atoms with Gasteiger partial charge in [-0.1, -0.05) is 42.5 Å². The smallest absolute Gasteiger partial charge is 0.262 e. The Kier molecular flexibility index (Phi) is 5.22. The molecule has 0 bridgehead atoms. The van der Waals surface area contributed by atoms with Gasteiger partial charge in [-0.05, 0) is 66.2 Å². The molecule has 158 valence electrons. The van der Waals surface area contributed by atoms with E-state index in [1.807, 2.05) is 103 Å². The van der Waals surface area contributed by atoms with Gasteiger partial charge in [-0.25, -0.2) is 0 Å². The van der Waals surface area contributed by atoms with Gasteiger partial charge in [0.25, 0.3) is 5.91 Å². The van der Waals surface area contributed by atoms with Gasteiger partial charge in [0, 0.05) is 11.4 Å². The van der Waals surface area contributed by atoms with Crippen LogP contribution in [0.25, 0.3) is 0 Å². The van der Waals surface area contributed by atoms with Gasteiger partial charge in [0.15, 0.2) is 0 Å². The van der Waals surface area contributed by atoms with Crippen molar-refractivity contribution in [3.8, 4) is 17.2 Å². The number of rotatable bonds is 5. The first-order valence-electron chi connectivity index (χ1n) is 10.4. The first-order chi connectivity index (χ1) is 15.7. The Morgan fingerprint density at radius 1 is 0.719 bits per heavy atom. The second-order valence-electron chi connectivity index (χ2n) is 7.45. The highest BCUT2D eigenvalue weighted by molar-refractivity contribution is 6.12. The maximum atomic E-state index is 13.5. The van der Waals surface area contributed by atoms with E-state index in [2.05, 4.69) is 5.32 Å². The number of ether oxygens (including phenoxy) is 2. The Hall–Kier alpha value is -4.25. The Morgan fingerprint density at radius 2 is 1.34 bits per heavy atom. The molecule has 1 aliphatic rings. The zero-order valence-electron chi connectivity index (χ0n) is 17.6. The number of fused-ring (bicyclic) bond motifs is 1. The van der Waals surface area contributed by atoms with Crippen LogP contribution in [0.5, 0.6) is 17.2 Å². The fourth-order valence-corrected chi connectivity index (χ4v) is 3.84. The van der Waals surface area contributed by atoms with Crippen molar-refractivity contribution in [2.45, 2.75) is 6.17 Å². The van der Waals surface area contributed by atoms with Crippen LogP contribution in [-0.4, -0.2) is 13.0 Å². The molecule has 0 aromatic heterocycles. The van der Waals surface area contributed by atoms with Gasteiger partial charge in [0.05, 0.1) is 12.7 Å². The molecule has 1 heterocycles. The molecule has 1 aliphatic heterocycles. The maximum absolute atomic E-state index is 13.5. The molecule has 0 unspecified atom stereocenters. The average Bonchev–Trinajstić information content (AvgIpc) is 2.85. The topological polar surface area (TPSA) is 50.8 Å². The van der Waals surface area contributed by atoms with Crippen LogP contribution in [0.1, 0.15) is 22.1 Å².